The van der Waals surface area contributed by atoms with Gasteiger partial charge in [0.1, 0.15) is 5.76 Å². The number of aromatic nitrogens is 1. The van der Waals surface area contributed by atoms with Gasteiger partial charge in [-0.1, -0.05) is 19.0 Å². The van der Waals surface area contributed by atoms with E-state index in [0.29, 0.717) is 6.54 Å². The number of aliphatic imine (C=N–C) groups is 1. The highest BCUT2D eigenvalue weighted by molar-refractivity contribution is 14.0. The molecule has 2 N–H and O–H groups in total. The first-order valence-corrected chi connectivity index (χ1v) is 8.51. The highest BCUT2D eigenvalue weighted by Gasteiger charge is 2.13. The fourth-order valence-electron chi connectivity index (χ4n) is 2.28. The van der Waals surface area contributed by atoms with Crippen molar-refractivity contribution < 1.29 is 4.52 Å². The Morgan fingerprint density at radius 3 is 2.57 bits per heavy atom. The summed E-state index contributed by atoms with van der Waals surface area (Å²) in [6.07, 6.45) is 1.73. The van der Waals surface area contributed by atoms with Crippen LogP contribution in [0, 0.1) is 6.92 Å². The molecule has 23 heavy (non-hydrogen) atoms. The van der Waals surface area contributed by atoms with Crippen LogP contribution in [0.2, 0.25) is 0 Å². The molecule has 0 fully saturated rings. The molecule has 0 aromatic carbocycles. The smallest absolute Gasteiger partial charge is 0.191 e. The van der Waals surface area contributed by atoms with Gasteiger partial charge in [-0.2, -0.15) is 0 Å². The minimum atomic E-state index is 0. The second-order valence-corrected chi connectivity index (χ2v) is 6.04. The summed E-state index contributed by atoms with van der Waals surface area (Å²) < 4.78 is 5.39. The molecule has 0 saturated carbocycles. The standard InChI is InChI=1S/C16H24N4OS.HI/c1-5-13-12(14(6-2)21-20-13)9-18-16(17-4)19-10-15-11(3)7-8-22-15;/h7-8H,5-6,9-10H2,1-4H3,(H2,17,18,19);1H. The molecule has 0 aliphatic heterocycles. The van der Waals surface area contributed by atoms with E-state index in [4.69, 9.17) is 4.52 Å². The summed E-state index contributed by atoms with van der Waals surface area (Å²) in [6, 6.07) is 2.13. The molecule has 0 spiro atoms. The largest absolute Gasteiger partial charge is 0.361 e. The van der Waals surface area contributed by atoms with Crippen molar-refractivity contribution >= 4 is 41.3 Å². The van der Waals surface area contributed by atoms with Gasteiger partial charge in [-0.05, 0) is 30.4 Å². The monoisotopic (exact) mass is 448 g/mol. The summed E-state index contributed by atoms with van der Waals surface area (Å²) in [7, 11) is 1.78. The number of aryl methyl sites for hydroxylation is 3. The normalized spacial score (nSPS) is 11.2. The first kappa shape index (κ1) is 20.0. The Balaban J connectivity index is 0.00000264. The zero-order chi connectivity index (χ0) is 15.9. The van der Waals surface area contributed by atoms with Crippen LogP contribution in [0.1, 0.15) is 41.3 Å². The molecule has 7 heteroatoms. The molecule has 0 aliphatic carbocycles. The lowest BCUT2D eigenvalue weighted by Gasteiger charge is -2.12. The van der Waals surface area contributed by atoms with Crippen LogP contribution in [0.5, 0.6) is 0 Å². The van der Waals surface area contributed by atoms with Crippen LogP contribution in [0.4, 0.5) is 0 Å². The number of thiophene rings is 1. The van der Waals surface area contributed by atoms with Crippen molar-refractivity contribution in [1.82, 2.24) is 15.8 Å². The van der Waals surface area contributed by atoms with Crippen LogP contribution < -0.4 is 10.6 Å². The Kier molecular flexibility index (Phi) is 8.60. The van der Waals surface area contributed by atoms with Crippen LogP contribution in [-0.4, -0.2) is 18.2 Å². The highest BCUT2D eigenvalue weighted by atomic mass is 127. The maximum atomic E-state index is 5.39. The number of hydrogen-bond donors (Lipinski definition) is 2. The van der Waals surface area contributed by atoms with E-state index in [-0.39, 0.29) is 24.0 Å². The van der Waals surface area contributed by atoms with Gasteiger partial charge in [-0.25, -0.2) is 0 Å². The fourth-order valence-corrected chi connectivity index (χ4v) is 3.13. The van der Waals surface area contributed by atoms with Crippen LogP contribution in [0.15, 0.2) is 21.0 Å². The molecular formula is C16H25IN4OS. The molecule has 2 heterocycles. The van der Waals surface area contributed by atoms with E-state index in [2.05, 4.69) is 53.0 Å². The summed E-state index contributed by atoms with van der Waals surface area (Å²) in [5, 5.41) is 12.9. The van der Waals surface area contributed by atoms with Gasteiger partial charge in [-0.15, -0.1) is 35.3 Å². The Bertz CT molecular complexity index is 614. The van der Waals surface area contributed by atoms with Gasteiger partial charge in [0.2, 0.25) is 0 Å². The quantitative estimate of drug-likeness (QED) is 0.403. The summed E-state index contributed by atoms with van der Waals surface area (Å²) in [6.45, 7) is 7.76. The lowest BCUT2D eigenvalue weighted by molar-refractivity contribution is 0.380. The van der Waals surface area contributed by atoms with E-state index >= 15 is 0 Å². The molecule has 128 valence electrons. The molecule has 2 aromatic rings. The van der Waals surface area contributed by atoms with E-state index in [0.717, 1.165) is 42.4 Å². The van der Waals surface area contributed by atoms with Crippen LogP contribution in [0.3, 0.4) is 0 Å². The molecule has 0 atom stereocenters. The molecule has 0 radical (unpaired) electrons. The van der Waals surface area contributed by atoms with E-state index in [1.807, 2.05) is 0 Å². The van der Waals surface area contributed by atoms with E-state index in [1.165, 1.54) is 10.4 Å². The number of guanidine groups is 1. The third-order valence-electron chi connectivity index (χ3n) is 3.65. The average molecular weight is 448 g/mol. The maximum Gasteiger partial charge on any atom is 0.191 e. The minimum Gasteiger partial charge on any atom is -0.361 e. The Hall–Kier alpha value is -1.09. The molecule has 2 aromatic heterocycles. The van der Waals surface area contributed by atoms with E-state index < -0.39 is 0 Å². The molecule has 0 unspecified atom stereocenters. The average Bonchev–Trinajstić information content (AvgIpc) is 3.13. The van der Waals surface area contributed by atoms with Crippen molar-refractivity contribution in [3.63, 3.8) is 0 Å². The molecule has 5 nitrogen and oxygen atoms in total. The topological polar surface area (TPSA) is 62.5 Å². The van der Waals surface area contributed by atoms with Crippen molar-refractivity contribution in [2.24, 2.45) is 4.99 Å². The predicted octanol–water partition coefficient (Wildman–Crippen LogP) is 3.65. The van der Waals surface area contributed by atoms with Crippen LogP contribution in [-0.2, 0) is 25.9 Å². The second-order valence-electron chi connectivity index (χ2n) is 5.04. The van der Waals surface area contributed by atoms with Crippen molar-refractivity contribution in [2.75, 3.05) is 7.05 Å². The molecule has 0 bridgehead atoms. The first-order chi connectivity index (χ1) is 10.7. The van der Waals surface area contributed by atoms with E-state index in [9.17, 15) is 0 Å². The SMILES string of the molecule is CCc1noc(CC)c1CNC(=NC)NCc1sccc1C.I. The van der Waals surface area contributed by atoms with Gasteiger partial charge >= 0.3 is 0 Å². The number of halogens is 1. The maximum absolute atomic E-state index is 5.39. The lowest BCUT2D eigenvalue weighted by Crippen LogP contribution is -2.36. The number of rotatable bonds is 6. The van der Waals surface area contributed by atoms with Crippen molar-refractivity contribution in [2.45, 2.75) is 46.7 Å². The summed E-state index contributed by atoms with van der Waals surface area (Å²) in [5.41, 5.74) is 3.49. The number of nitrogens with one attached hydrogen (secondary N) is 2. The highest BCUT2D eigenvalue weighted by Crippen LogP contribution is 2.16. The molecule has 0 aliphatic rings. The number of hydrogen-bond acceptors (Lipinski definition) is 4. The van der Waals surface area contributed by atoms with Gasteiger partial charge in [0.05, 0.1) is 12.2 Å². The van der Waals surface area contributed by atoms with E-state index in [1.54, 1.807) is 18.4 Å². The molecule has 2 rings (SSSR count). The third kappa shape index (κ3) is 5.20. The van der Waals surface area contributed by atoms with Gasteiger partial charge < -0.3 is 15.2 Å². The Labute approximate surface area is 159 Å². The van der Waals surface area contributed by atoms with Crippen molar-refractivity contribution in [1.29, 1.82) is 0 Å². The molecule has 0 saturated heterocycles. The fraction of sp³-hybridized carbons (Fsp3) is 0.500. The third-order valence-corrected chi connectivity index (χ3v) is 4.67. The van der Waals surface area contributed by atoms with Gasteiger partial charge in [0, 0.05) is 30.5 Å². The molecule has 0 amide bonds. The van der Waals surface area contributed by atoms with Gasteiger partial charge in [-0.3, -0.25) is 4.99 Å². The van der Waals surface area contributed by atoms with Crippen molar-refractivity contribution in [3.05, 3.63) is 38.9 Å². The zero-order valence-corrected chi connectivity index (χ0v) is 17.2. The zero-order valence-electron chi connectivity index (χ0n) is 14.1. The van der Waals surface area contributed by atoms with Gasteiger partial charge in [0.25, 0.3) is 0 Å². The Morgan fingerprint density at radius 2 is 2.00 bits per heavy atom. The lowest BCUT2D eigenvalue weighted by atomic mass is 10.1. The van der Waals surface area contributed by atoms with Gasteiger partial charge in [0.15, 0.2) is 5.96 Å². The molecular weight excluding hydrogens is 423 g/mol. The summed E-state index contributed by atoms with van der Waals surface area (Å²) >= 11 is 1.76. The second kappa shape index (κ2) is 9.92. The van der Waals surface area contributed by atoms with Crippen LogP contribution in [0.25, 0.3) is 0 Å². The predicted molar refractivity (Wildman–Crippen MR) is 107 cm³/mol. The Morgan fingerprint density at radius 1 is 1.26 bits per heavy atom. The first-order valence-electron chi connectivity index (χ1n) is 7.63. The number of nitrogens with zero attached hydrogens (tertiary/aromatic N) is 2. The summed E-state index contributed by atoms with van der Waals surface area (Å²) in [5.74, 6) is 1.74. The van der Waals surface area contributed by atoms with Crippen molar-refractivity contribution in [3.8, 4) is 0 Å². The van der Waals surface area contributed by atoms with Crippen LogP contribution >= 0.6 is 35.3 Å². The minimum absolute atomic E-state index is 0. The summed E-state index contributed by atoms with van der Waals surface area (Å²) in [4.78, 5) is 5.61.